The zero-order valence-electron chi connectivity index (χ0n) is 11.6. The number of rotatable bonds is 6. The number of aliphatic hydroxyl groups is 1. The highest BCUT2D eigenvalue weighted by Crippen LogP contribution is 2.19. The molecule has 1 aromatic heterocycles. The SMILES string of the molecule is CCCn1nncc1C(O)CCc1ccccc1C. The van der Waals surface area contributed by atoms with Gasteiger partial charge in [-0.25, -0.2) is 4.68 Å². The molecule has 102 valence electrons. The predicted octanol–water partition coefficient (Wildman–Crippen LogP) is 2.66. The molecule has 0 saturated carbocycles. The van der Waals surface area contributed by atoms with Gasteiger partial charge in [0.25, 0.3) is 0 Å². The Morgan fingerprint density at radius 2 is 2.11 bits per heavy atom. The molecule has 4 heteroatoms. The Bertz CT molecular complexity index is 522. The van der Waals surface area contributed by atoms with Gasteiger partial charge in [0.1, 0.15) is 0 Å². The summed E-state index contributed by atoms with van der Waals surface area (Å²) < 4.78 is 1.79. The maximum atomic E-state index is 10.3. The number of aliphatic hydroxyl groups excluding tert-OH is 1. The average molecular weight is 259 g/mol. The summed E-state index contributed by atoms with van der Waals surface area (Å²) in [6.07, 6.45) is 3.72. The Balaban J connectivity index is 1.99. The van der Waals surface area contributed by atoms with Crippen LogP contribution in [0.4, 0.5) is 0 Å². The lowest BCUT2D eigenvalue weighted by atomic mass is 10.0. The number of aromatic nitrogens is 3. The highest BCUT2D eigenvalue weighted by molar-refractivity contribution is 5.25. The van der Waals surface area contributed by atoms with Gasteiger partial charge in [0.05, 0.1) is 18.0 Å². The van der Waals surface area contributed by atoms with E-state index < -0.39 is 6.10 Å². The van der Waals surface area contributed by atoms with Crippen molar-refractivity contribution in [2.75, 3.05) is 0 Å². The van der Waals surface area contributed by atoms with Crippen LogP contribution in [0.1, 0.15) is 42.7 Å². The Labute approximate surface area is 114 Å². The average Bonchev–Trinajstić information content (AvgIpc) is 2.86. The minimum absolute atomic E-state index is 0.499. The molecule has 1 N–H and O–H groups in total. The van der Waals surface area contributed by atoms with E-state index in [9.17, 15) is 5.11 Å². The van der Waals surface area contributed by atoms with E-state index >= 15 is 0 Å². The third-order valence-corrected chi connectivity index (χ3v) is 3.37. The molecule has 1 heterocycles. The fourth-order valence-corrected chi connectivity index (χ4v) is 2.24. The van der Waals surface area contributed by atoms with Crippen molar-refractivity contribution < 1.29 is 5.11 Å². The largest absolute Gasteiger partial charge is 0.387 e. The molecule has 0 aliphatic rings. The monoisotopic (exact) mass is 259 g/mol. The maximum absolute atomic E-state index is 10.3. The summed E-state index contributed by atoms with van der Waals surface area (Å²) in [5.41, 5.74) is 3.38. The fourth-order valence-electron chi connectivity index (χ4n) is 2.24. The molecule has 0 spiro atoms. The molecule has 0 amide bonds. The van der Waals surface area contributed by atoms with Crippen molar-refractivity contribution in [3.05, 3.63) is 47.3 Å². The minimum Gasteiger partial charge on any atom is -0.387 e. The van der Waals surface area contributed by atoms with Crippen molar-refractivity contribution in [1.29, 1.82) is 0 Å². The van der Waals surface area contributed by atoms with Crippen LogP contribution in [-0.4, -0.2) is 20.1 Å². The van der Waals surface area contributed by atoms with Crippen molar-refractivity contribution in [2.24, 2.45) is 0 Å². The first-order chi connectivity index (χ1) is 9.22. The molecule has 2 rings (SSSR count). The van der Waals surface area contributed by atoms with Crippen molar-refractivity contribution in [2.45, 2.75) is 45.8 Å². The molecule has 0 radical (unpaired) electrons. The van der Waals surface area contributed by atoms with E-state index in [0.29, 0.717) is 6.42 Å². The van der Waals surface area contributed by atoms with Gasteiger partial charge < -0.3 is 5.11 Å². The van der Waals surface area contributed by atoms with E-state index in [-0.39, 0.29) is 0 Å². The van der Waals surface area contributed by atoms with Crippen LogP contribution in [0.5, 0.6) is 0 Å². The first kappa shape index (κ1) is 13.7. The Morgan fingerprint density at radius 3 is 2.84 bits per heavy atom. The van der Waals surface area contributed by atoms with Gasteiger partial charge in [-0.2, -0.15) is 0 Å². The lowest BCUT2D eigenvalue weighted by Gasteiger charge is -2.12. The van der Waals surface area contributed by atoms with Gasteiger partial charge >= 0.3 is 0 Å². The molecule has 19 heavy (non-hydrogen) atoms. The first-order valence-corrected chi connectivity index (χ1v) is 6.83. The molecule has 0 saturated heterocycles. The maximum Gasteiger partial charge on any atom is 0.0976 e. The van der Waals surface area contributed by atoms with Crippen LogP contribution in [0, 0.1) is 6.92 Å². The van der Waals surface area contributed by atoms with Crippen LogP contribution in [0.15, 0.2) is 30.5 Å². The fraction of sp³-hybridized carbons (Fsp3) is 0.467. The van der Waals surface area contributed by atoms with Crippen molar-refractivity contribution >= 4 is 0 Å². The van der Waals surface area contributed by atoms with Crippen LogP contribution >= 0.6 is 0 Å². The zero-order chi connectivity index (χ0) is 13.7. The minimum atomic E-state index is -0.499. The normalized spacial score (nSPS) is 12.6. The second-order valence-electron chi connectivity index (χ2n) is 4.86. The summed E-state index contributed by atoms with van der Waals surface area (Å²) in [6.45, 7) is 4.99. The Morgan fingerprint density at radius 1 is 1.32 bits per heavy atom. The molecule has 0 aliphatic heterocycles. The molecule has 0 fully saturated rings. The van der Waals surface area contributed by atoms with Gasteiger partial charge in [-0.15, -0.1) is 5.10 Å². The number of aryl methyl sites for hydroxylation is 3. The molecular weight excluding hydrogens is 238 g/mol. The summed E-state index contributed by atoms with van der Waals surface area (Å²) in [5.74, 6) is 0. The van der Waals surface area contributed by atoms with Crippen molar-refractivity contribution in [3.63, 3.8) is 0 Å². The van der Waals surface area contributed by atoms with Gasteiger partial charge in [0, 0.05) is 6.54 Å². The van der Waals surface area contributed by atoms with Crippen LogP contribution in [0.2, 0.25) is 0 Å². The highest BCUT2D eigenvalue weighted by atomic mass is 16.3. The van der Waals surface area contributed by atoms with E-state index in [1.807, 2.05) is 12.1 Å². The second-order valence-corrected chi connectivity index (χ2v) is 4.86. The van der Waals surface area contributed by atoms with E-state index in [2.05, 4.69) is 36.3 Å². The third-order valence-electron chi connectivity index (χ3n) is 3.37. The van der Waals surface area contributed by atoms with Crippen LogP contribution in [0.3, 0.4) is 0 Å². The first-order valence-electron chi connectivity index (χ1n) is 6.83. The number of nitrogens with zero attached hydrogens (tertiary/aromatic N) is 3. The Kier molecular flexibility index (Phi) is 4.68. The molecular formula is C15H21N3O. The summed E-state index contributed by atoms with van der Waals surface area (Å²) in [4.78, 5) is 0. The molecule has 2 aromatic rings. The molecule has 1 unspecified atom stereocenters. The summed E-state index contributed by atoms with van der Waals surface area (Å²) in [5, 5.41) is 18.2. The van der Waals surface area contributed by atoms with Crippen LogP contribution in [0.25, 0.3) is 0 Å². The quantitative estimate of drug-likeness (QED) is 0.867. The highest BCUT2D eigenvalue weighted by Gasteiger charge is 2.14. The topological polar surface area (TPSA) is 50.9 Å². The smallest absolute Gasteiger partial charge is 0.0976 e. The number of hydrogen-bond acceptors (Lipinski definition) is 3. The van der Waals surface area contributed by atoms with E-state index in [4.69, 9.17) is 0 Å². The van der Waals surface area contributed by atoms with Gasteiger partial charge in [-0.1, -0.05) is 36.4 Å². The summed E-state index contributed by atoms with van der Waals surface area (Å²) in [7, 11) is 0. The van der Waals surface area contributed by atoms with E-state index in [1.54, 1.807) is 10.9 Å². The molecule has 0 aliphatic carbocycles. The lowest BCUT2D eigenvalue weighted by Crippen LogP contribution is -2.10. The van der Waals surface area contributed by atoms with Crippen molar-refractivity contribution in [1.82, 2.24) is 15.0 Å². The molecule has 0 bridgehead atoms. The van der Waals surface area contributed by atoms with Crippen LogP contribution in [-0.2, 0) is 13.0 Å². The zero-order valence-corrected chi connectivity index (χ0v) is 11.6. The van der Waals surface area contributed by atoms with E-state index in [0.717, 1.165) is 25.1 Å². The number of hydrogen-bond donors (Lipinski definition) is 1. The van der Waals surface area contributed by atoms with Gasteiger partial charge in [0.15, 0.2) is 0 Å². The Hall–Kier alpha value is -1.68. The second kappa shape index (κ2) is 6.48. The number of benzene rings is 1. The van der Waals surface area contributed by atoms with Crippen LogP contribution < -0.4 is 0 Å². The third kappa shape index (κ3) is 3.41. The van der Waals surface area contributed by atoms with Gasteiger partial charge in [0.2, 0.25) is 0 Å². The van der Waals surface area contributed by atoms with E-state index in [1.165, 1.54) is 11.1 Å². The standard InChI is InChI=1S/C15H21N3O/c1-3-10-18-14(11-16-17-18)15(19)9-8-13-7-5-4-6-12(13)2/h4-7,11,15,19H,3,8-10H2,1-2H3. The van der Waals surface area contributed by atoms with Crippen molar-refractivity contribution in [3.8, 4) is 0 Å². The summed E-state index contributed by atoms with van der Waals surface area (Å²) in [6, 6.07) is 8.29. The lowest BCUT2D eigenvalue weighted by molar-refractivity contribution is 0.156. The summed E-state index contributed by atoms with van der Waals surface area (Å²) >= 11 is 0. The predicted molar refractivity (Wildman–Crippen MR) is 74.8 cm³/mol. The van der Waals surface area contributed by atoms with Gasteiger partial charge in [-0.3, -0.25) is 0 Å². The molecule has 1 atom stereocenters. The van der Waals surface area contributed by atoms with Gasteiger partial charge in [-0.05, 0) is 37.3 Å². The molecule has 1 aromatic carbocycles. The molecule has 4 nitrogen and oxygen atoms in total.